The Morgan fingerprint density at radius 2 is 1.29 bits per heavy atom. The molecule has 0 saturated heterocycles. The molecule has 0 aliphatic carbocycles. The van der Waals surface area contributed by atoms with E-state index in [2.05, 4.69) is 14.9 Å². The molecular formula is C21H22ClN3O3. The topological polar surface area (TPSA) is 56.7 Å². The molecule has 7 heteroatoms. The second kappa shape index (κ2) is 9.28. The molecule has 0 unspecified atom stereocenters. The minimum atomic E-state index is 0.172. The van der Waals surface area contributed by atoms with Crippen molar-refractivity contribution in [1.29, 1.82) is 0 Å². The first-order valence-electron chi connectivity index (χ1n) is 8.70. The number of hydrogen-bond donors (Lipinski definition) is 0. The number of benzene rings is 2. The number of ether oxygens (including phenoxy) is 3. The molecule has 0 bridgehead atoms. The molecule has 0 N–H and O–H groups in total. The minimum absolute atomic E-state index is 0.172. The van der Waals surface area contributed by atoms with E-state index in [0.717, 1.165) is 22.6 Å². The van der Waals surface area contributed by atoms with Crippen molar-refractivity contribution in [1.82, 2.24) is 9.97 Å². The fraction of sp³-hybridized carbons (Fsp3) is 0.238. The number of nitrogens with zero attached hydrogens (tertiary/aromatic N) is 3. The van der Waals surface area contributed by atoms with Crippen LogP contribution in [0.15, 0.2) is 54.7 Å². The van der Waals surface area contributed by atoms with Crippen molar-refractivity contribution in [2.45, 2.75) is 13.1 Å². The Bertz CT molecular complexity index is 852. The summed E-state index contributed by atoms with van der Waals surface area (Å²) in [4.78, 5) is 10.5. The van der Waals surface area contributed by atoms with E-state index in [1.165, 1.54) is 0 Å². The SMILES string of the molecule is COc1ccc(CN(Cc2ccc(OC)cc2)c2nc(Cl)ncc2OC)cc1. The van der Waals surface area contributed by atoms with Crippen molar-refractivity contribution in [3.8, 4) is 17.2 Å². The molecule has 3 aromatic rings. The van der Waals surface area contributed by atoms with Crippen molar-refractivity contribution in [2.75, 3.05) is 26.2 Å². The van der Waals surface area contributed by atoms with Crippen LogP contribution >= 0.6 is 11.6 Å². The van der Waals surface area contributed by atoms with Gasteiger partial charge in [0.15, 0.2) is 11.6 Å². The van der Waals surface area contributed by atoms with Crippen LogP contribution < -0.4 is 19.1 Å². The highest BCUT2D eigenvalue weighted by Gasteiger charge is 2.17. The highest BCUT2D eigenvalue weighted by atomic mass is 35.5. The van der Waals surface area contributed by atoms with E-state index in [0.29, 0.717) is 24.7 Å². The number of aromatic nitrogens is 2. The molecule has 146 valence electrons. The molecule has 28 heavy (non-hydrogen) atoms. The van der Waals surface area contributed by atoms with Crippen molar-refractivity contribution in [3.63, 3.8) is 0 Å². The van der Waals surface area contributed by atoms with Crippen molar-refractivity contribution in [3.05, 3.63) is 71.1 Å². The lowest BCUT2D eigenvalue weighted by atomic mass is 10.1. The number of hydrogen-bond acceptors (Lipinski definition) is 6. The van der Waals surface area contributed by atoms with Crippen LogP contribution in [0.5, 0.6) is 17.2 Å². The predicted octanol–water partition coefficient (Wildman–Crippen LogP) is 4.36. The Labute approximate surface area is 169 Å². The van der Waals surface area contributed by atoms with Gasteiger partial charge >= 0.3 is 0 Å². The fourth-order valence-corrected chi connectivity index (χ4v) is 2.95. The summed E-state index contributed by atoms with van der Waals surface area (Å²) in [7, 11) is 4.90. The Hall–Kier alpha value is -2.99. The third kappa shape index (κ3) is 4.84. The van der Waals surface area contributed by atoms with Gasteiger partial charge in [-0.3, -0.25) is 0 Å². The van der Waals surface area contributed by atoms with Gasteiger partial charge in [-0.05, 0) is 47.0 Å². The maximum Gasteiger partial charge on any atom is 0.224 e. The summed E-state index contributed by atoms with van der Waals surface area (Å²) in [5.74, 6) is 2.82. The van der Waals surface area contributed by atoms with Crippen LogP contribution in [0.3, 0.4) is 0 Å². The van der Waals surface area contributed by atoms with Crippen molar-refractivity contribution < 1.29 is 14.2 Å². The third-order valence-corrected chi connectivity index (χ3v) is 4.47. The fourth-order valence-electron chi connectivity index (χ4n) is 2.82. The van der Waals surface area contributed by atoms with Gasteiger partial charge in [0, 0.05) is 13.1 Å². The number of methoxy groups -OCH3 is 3. The maximum atomic E-state index is 6.07. The average Bonchev–Trinajstić information content (AvgIpc) is 2.74. The predicted molar refractivity (Wildman–Crippen MR) is 109 cm³/mol. The van der Waals surface area contributed by atoms with E-state index in [9.17, 15) is 0 Å². The van der Waals surface area contributed by atoms with E-state index in [1.54, 1.807) is 27.5 Å². The van der Waals surface area contributed by atoms with Gasteiger partial charge in [0.2, 0.25) is 5.28 Å². The first kappa shape index (κ1) is 19.8. The second-order valence-electron chi connectivity index (χ2n) is 6.08. The monoisotopic (exact) mass is 399 g/mol. The summed E-state index contributed by atoms with van der Waals surface area (Å²) in [6.45, 7) is 1.22. The van der Waals surface area contributed by atoms with Crippen LogP contribution in [0.25, 0.3) is 0 Å². The highest BCUT2D eigenvalue weighted by Crippen LogP contribution is 2.29. The zero-order valence-electron chi connectivity index (χ0n) is 16.1. The van der Waals surface area contributed by atoms with Gasteiger partial charge in [0.1, 0.15) is 11.5 Å². The Kier molecular flexibility index (Phi) is 6.55. The molecule has 0 radical (unpaired) electrons. The zero-order valence-corrected chi connectivity index (χ0v) is 16.8. The lowest BCUT2D eigenvalue weighted by Gasteiger charge is -2.25. The van der Waals surface area contributed by atoms with Gasteiger partial charge in [0.05, 0.1) is 27.5 Å². The van der Waals surface area contributed by atoms with E-state index in [-0.39, 0.29) is 5.28 Å². The van der Waals surface area contributed by atoms with Gasteiger partial charge in [-0.1, -0.05) is 24.3 Å². The molecule has 0 saturated carbocycles. The van der Waals surface area contributed by atoms with E-state index in [1.807, 2.05) is 48.5 Å². The van der Waals surface area contributed by atoms with E-state index < -0.39 is 0 Å². The van der Waals surface area contributed by atoms with Crippen molar-refractivity contribution in [2.24, 2.45) is 0 Å². The van der Waals surface area contributed by atoms with Crippen LogP contribution in [0.4, 0.5) is 5.82 Å². The van der Waals surface area contributed by atoms with Crippen LogP contribution in [0, 0.1) is 0 Å². The first-order valence-corrected chi connectivity index (χ1v) is 9.08. The summed E-state index contributed by atoms with van der Waals surface area (Å²) >= 11 is 6.07. The molecule has 0 amide bonds. The van der Waals surface area contributed by atoms with E-state index in [4.69, 9.17) is 25.8 Å². The quantitative estimate of drug-likeness (QED) is 0.524. The lowest BCUT2D eigenvalue weighted by molar-refractivity contribution is 0.409. The second-order valence-corrected chi connectivity index (χ2v) is 6.42. The summed E-state index contributed by atoms with van der Waals surface area (Å²) in [6.07, 6.45) is 1.58. The molecule has 3 rings (SSSR count). The van der Waals surface area contributed by atoms with Crippen LogP contribution in [-0.2, 0) is 13.1 Å². The molecule has 0 spiro atoms. The van der Waals surface area contributed by atoms with Gasteiger partial charge in [-0.2, -0.15) is 4.98 Å². The lowest BCUT2D eigenvalue weighted by Crippen LogP contribution is -2.24. The summed E-state index contributed by atoms with van der Waals surface area (Å²) in [6, 6.07) is 15.8. The van der Waals surface area contributed by atoms with Crippen LogP contribution in [0.1, 0.15) is 11.1 Å². The van der Waals surface area contributed by atoms with Crippen LogP contribution in [-0.4, -0.2) is 31.3 Å². The third-order valence-electron chi connectivity index (χ3n) is 4.29. The minimum Gasteiger partial charge on any atom is -0.497 e. The van der Waals surface area contributed by atoms with Gasteiger partial charge in [-0.15, -0.1) is 0 Å². The molecule has 6 nitrogen and oxygen atoms in total. The van der Waals surface area contributed by atoms with E-state index >= 15 is 0 Å². The van der Waals surface area contributed by atoms with Crippen molar-refractivity contribution >= 4 is 17.4 Å². The zero-order chi connectivity index (χ0) is 19.9. The number of anilines is 1. The molecule has 0 atom stereocenters. The molecule has 1 heterocycles. The molecule has 1 aromatic heterocycles. The summed E-state index contributed by atoms with van der Waals surface area (Å²) < 4.78 is 16.0. The largest absolute Gasteiger partial charge is 0.497 e. The number of rotatable bonds is 8. The standard InChI is InChI=1S/C21H22ClN3O3/c1-26-17-8-4-15(5-9-17)13-25(14-16-6-10-18(27-2)11-7-16)20-19(28-3)12-23-21(22)24-20/h4-12H,13-14H2,1-3H3. The summed E-state index contributed by atoms with van der Waals surface area (Å²) in [5, 5.41) is 0.172. The molecule has 0 aliphatic rings. The maximum absolute atomic E-state index is 6.07. The van der Waals surface area contributed by atoms with Gasteiger partial charge in [0.25, 0.3) is 0 Å². The molecule has 0 fully saturated rings. The number of halogens is 1. The average molecular weight is 400 g/mol. The molecular weight excluding hydrogens is 378 g/mol. The normalized spacial score (nSPS) is 10.4. The Morgan fingerprint density at radius 1 is 0.786 bits per heavy atom. The highest BCUT2D eigenvalue weighted by molar-refractivity contribution is 6.28. The van der Waals surface area contributed by atoms with Gasteiger partial charge < -0.3 is 19.1 Å². The Balaban J connectivity index is 1.93. The smallest absolute Gasteiger partial charge is 0.224 e. The Morgan fingerprint density at radius 3 is 1.71 bits per heavy atom. The summed E-state index contributed by atoms with van der Waals surface area (Å²) in [5.41, 5.74) is 2.21. The van der Waals surface area contributed by atoms with Gasteiger partial charge in [-0.25, -0.2) is 4.98 Å². The first-order chi connectivity index (χ1) is 13.6. The van der Waals surface area contributed by atoms with Crippen LogP contribution in [0.2, 0.25) is 5.28 Å². The molecule has 2 aromatic carbocycles. The molecule has 0 aliphatic heterocycles.